The lowest BCUT2D eigenvalue weighted by Gasteiger charge is -2.32. The third kappa shape index (κ3) is 2.69. The van der Waals surface area contributed by atoms with Crippen molar-refractivity contribution in [2.45, 2.75) is 19.8 Å². The Morgan fingerprint density at radius 1 is 1.57 bits per heavy atom. The fourth-order valence-corrected chi connectivity index (χ4v) is 1.75. The van der Waals surface area contributed by atoms with Gasteiger partial charge in [0.1, 0.15) is 0 Å². The van der Waals surface area contributed by atoms with Gasteiger partial charge in [0.2, 0.25) is 5.91 Å². The molecule has 3 N–H and O–H groups in total. The van der Waals surface area contributed by atoms with Crippen LogP contribution in [-0.2, 0) is 4.79 Å². The molecule has 0 aromatic rings. The van der Waals surface area contributed by atoms with E-state index in [1.54, 1.807) is 0 Å². The lowest BCUT2D eigenvalue weighted by Crippen LogP contribution is -2.43. The first kappa shape index (κ1) is 11.5. The molecule has 1 amide bonds. The summed E-state index contributed by atoms with van der Waals surface area (Å²) in [6.45, 7) is 4.07. The van der Waals surface area contributed by atoms with Crippen molar-refractivity contribution >= 4 is 5.91 Å². The predicted molar refractivity (Wildman–Crippen MR) is 54.6 cm³/mol. The molecule has 4 nitrogen and oxygen atoms in total. The highest BCUT2D eigenvalue weighted by atomic mass is 16.3. The number of rotatable bonds is 3. The third-order valence-electron chi connectivity index (χ3n) is 2.96. The van der Waals surface area contributed by atoms with Crippen LogP contribution in [-0.4, -0.2) is 42.2 Å². The Morgan fingerprint density at radius 3 is 2.57 bits per heavy atom. The standard InChI is InChI=1S/C10H20N2O2/c1-8(6-11)10(14)12-4-2-9(7-13)3-5-12/h8-9,13H,2-7,11H2,1H3. The number of nitrogens with two attached hydrogens (primary N) is 1. The van der Waals surface area contributed by atoms with Gasteiger partial charge in [-0.05, 0) is 18.8 Å². The topological polar surface area (TPSA) is 66.6 Å². The van der Waals surface area contributed by atoms with E-state index in [1.165, 1.54) is 0 Å². The van der Waals surface area contributed by atoms with Gasteiger partial charge < -0.3 is 15.7 Å². The lowest BCUT2D eigenvalue weighted by atomic mass is 9.97. The molecule has 1 aliphatic heterocycles. The largest absolute Gasteiger partial charge is 0.396 e. The highest BCUT2D eigenvalue weighted by Crippen LogP contribution is 2.17. The minimum absolute atomic E-state index is 0.0688. The molecule has 0 aromatic carbocycles. The summed E-state index contributed by atoms with van der Waals surface area (Å²) < 4.78 is 0. The van der Waals surface area contributed by atoms with Crippen LogP contribution < -0.4 is 5.73 Å². The first-order chi connectivity index (χ1) is 6.69. The first-order valence-corrected chi connectivity index (χ1v) is 5.28. The van der Waals surface area contributed by atoms with Crippen LogP contribution in [0.1, 0.15) is 19.8 Å². The molecule has 1 fully saturated rings. The Bertz CT molecular complexity index is 189. The minimum Gasteiger partial charge on any atom is -0.396 e. The van der Waals surface area contributed by atoms with E-state index < -0.39 is 0 Å². The van der Waals surface area contributed by atoms with Crippen LogP contribution in [0, 0.1) is 11.8 Å². The van der Waals surface area contributed by atoms with Gasteiger partial charge in [-0.25, -0.2) is 0 Å². The summed E-state index contributed by atoms with van der Waals surface area (Å²) >= 11 is 0. The zero-order valence-corrected chi connectivity index (χ0v) is 8.78. The van der Waals surface area contributed by atoms with Crippen LogP contribution in [0.2, 0.25) is 0 Å². The number of hydrogen-bond donors (Lipinski definition) is 2. The molecule has 0 aliphatic carbocycles. The molecule has 1 rings (SSSR count). The van der Waals surface area contributed by atoms with Crippen molar-refractivity contribution in [1.82, 2.24) is 4.90 Å². The quantitative estimate of drug-likeness (QED) is 0.663. The molecule has 14 heavy (non-hydrogen) atoms. The normalized spacial score (nSPS) is 20.9. The zero-order valence-electron chi connectivity index (χ0n) is 8.78. The monoisotopic (exact) mass is 200 g/mol. The lowest BCUT2D eigenvalue weighted by molar-refractivity contribution is -0.136. The minimum atomic E-state index is -0.0688. The molecule has 0 saturated carbocycles. The van der Waals surface area contributed by atoms with Gasteiger partial charge in [-0.1, -0.05) is 6.92 Å². The van der Waals surface area contributed by atoms with Gasteiger partial charge >= 0.3 is 0 Å². The highest BCUT2D eigenvalue weighted by Gasteiger charge is 2.24. The van der Waals surface area contributed by atoms with Gasteiger partial charge in [0.25, 0.3) is 0 Å². The van der Waals surface area contributed by atoms with Crippen molar-refractivity contribution in [3.63, 3.8) is 0 Å². The maximum Gasteiger partial charge on any atom is 0.226 e. The second-order valence-corrected chi connectivity index (χ2v) is 4.09. The van der Waals surface area contributed by atoms with E-state index in [9.17, 15) is 4.79 Å². The van der Waals surface area contributed by atoms with Gasteiger partial charge in [-0.3, -0.25) is 4.79 Å². The Balaban J connectivity index is 2.37. The summed E-state index contributed by atoms with van der Waals surface area (Å²) in [5, 5.41) is 8.95. The fourth-order valence-electron chi connectivity index (χ4n) is 1.75. The van der Waals surface area contributed by atoms with Crippen molar-refractivity contribution in [1.29, 1.82) is 0 Å². The maximum absolute atomic E-state index is 11.7. The maximum atomic E-state index is 11.7. The van der Waals surface area contributed by atoms with Crippen molar-refractivity contribution in [3.05, 3.63) is 0 Å². The summed E-state index contributed by atoms with van der Waals surface area (Å²) in [5.74, 6) is 0.469. The molecule has 0 bridgehead atoms. The summed E-state index contributed by atoms with van der Waals surface area (Å²) in [6, 6.07) is 0. The van der Waals surface area contributed by atoms with E-state index in [0.29, 0.717) is 12.5 Å². The molecule has 1 aliphatic rings. The second-order valence-electron chi connectivity index (χ2n) is 4.09. The van der Waals surface area contributed by atoms with Crippen LogP contribution in [0.3, 0.4) is 0 Å². The Labute approximate surface area is 85.1 Å². The Kier molecular flexibility index (Phi) is 4.35. The molecule has 0 aromatic heterocycles. The SMILES string of the molecule is CC(CN)C(=O)N1CCC(CO)CC1. The van der Waals surface area contributed by atoms with E-state index in [1.807, 2.05) is 11.8 Å². The third-order valence-corrected chi connectivity index (χ3v) is 2.96. The second kappa shape index (κ2) is 5.32. The van der Waals surface area contributed by atoms with Crippen LogP contribution in [0.15, 0.2) is 0 Å². The first-order valence-electron chi connectivity index (χ1n) is 5.28. The zero-order chi connectivity index (χ0) is 10.6. The van der Waals surface area contributed by atoms with E-state index in [2.05, 4.69) is 0 Å². The summed E-state index contributed by atoms with van der Waals surface area (Å²) in [4.78, 5) is 13.6. The van der Waals surface area contributed by atoms with Crippen molar-refractivity contribution < 1.29 is 9.90 Å². The molecule has 82 valence electrons. The number of likely N-dealkylation sites (tertiary alicyclic amines) is 1. The predicted octanol–water partition coefficient (Wildman–Crippen LogP) is -0.188. The molecule has 1 unspecified atom stereocenters. The number of amides is 1. The van der Waals surface area contributed by atoms with Crippen LogP contribution in [0.5, 0.6) is 0 Å². The highest BCUT2D eigenvalue weighted by molar-refractivity contribution is 5.78. The summed E-state index contributed by atoms with van der Waals surface area (Å²) in [7, 11) is 0. The Hall–Kier alpha value is -0.610. The summed E-state index contributed by atoms with van der Waals surface area (Å²) in [5.41, 5.74) is 5.45. The Morgan fingerprint density at radius 2 is 2.14 bits per heavy atom. The van der Waals surface area contributed by atoms with E-state index >= 15 is 0 Å². The molecular weight excluding hydrogens is 180 g/mol. The number of aliphatic hydroxyl groups is 1. The summed E-state index contributed by atoms with van der Waals surface area (Å²) in [6.07, 6.45) is 1.83. The molecular formula is C10H20N2O2. The smallest absolute Gasteiger partial charge is 0.226 e. The van der Waals surface area contributed by atoms with Gasteiger partial charge in [0.15, 0.2) is 0 Å². The van der Waals surface area contributed by atoms with Crippen molar-refractivity contribution in [2.24, 2.45) is 17.6 Å². The number of aliphatic hydroxyl groups excluding tert-OH is 1. The molecule has 1 saturated heterocycles. The number of carbonyl (C=O) groups is 1. The van der Waals surface area contributed by atoms with Gasteiger partial charge in [-0.2, -0.15) is 0 Å². The van der Waals surface area contributed by atoms with Crippen LogP contribution in [0.25, 0.3) is 0 Å². The van der Waals surface area contributed by atoms with Crippen LogP contribution >= 0.6 is 0 Å². The number of nitrogens with zero attached hydrogens (tertiary/aromatic N) is 1. The van der Waals surface area contributed by atoms with Crippen molar-refractivity contribution in [2.75, 3.05) is 26.2 Å². The molecule has 1 atom stereocenters. The van der Waals surface area contributed by atoms with E-state index in [-0.39, 0.29) is 18.4 Å². The number of piperidine rings is 1. The van der Waals surface area contributed by atoms with Gasteiger partial charge in [0.05, 0.1) is 0 Å². The van der Waals surface area contributed by atoms with Crippen molar-refractivity contribution in [3.8, 4) is 0 Å². The molecule has 1 heterocycles. The average Bonchev–Trinajstić information content (AvgIpc) is 2.27. The van der Waals surface area contributed by atoms with Gasteiger partial charge in [0, 0.05) is 32.2 Å². The molecule has 0 radical (unpaired) electrons. The molecule has 0 spiro atoms. The van der Waals surface area contributed by atoms with E-state index in [0.717, 1.165) is 25.9 Å². The number of hydrogen-bond acceptors (Lipinski definition) is 3. The average molecular weight is 200 g/mol. The molecule has 4 heteroatoms. The van der Waals surface area contributed by atoms with Crippen LogP contribution in [0.4, 0.5) is 0 Å². The fraction of sp³-hybridized carbons (Fsp3) is 0.900. The number of carbonyl (C=O) groups excluding carboxylic acids is 1. The van der Waals surface area contributed by atoms with E-state index in [4.69, 9.17) is 10.8 Å². The van der Waals surface area contributed by atoms with Gasteiger partial charge in [-0.15, -0.1) is 0 Å².